The van der Waals surface area contributed by atoms with E-state index >= 15 is 0 Å². The van der Waals surface area contributed by atoms with Gasteiger partial charge in [-0.15, -0.1) is 0 Å². The van der Waals surface area contributed by atoms with Gasteiger partial charge in [-0.1, -0.05) is 147 Å². The van der Waals surface area contributed by atoms with E-state index in [9.17, 15) is 61.0 Å². The van der Waals surface area contributed by atoms with Gasteiger partial charge in [0.1, 0.15) is 73.2 Å². The summed E-state index contributed by atoms with van der Waals surface area (Å²) >= 11 is 0. The molecule has 3 fully saturated rings. The fraction of sp³-hybridized carbons (Fsp3) is 0.906. The summed E-state index contributed by atoms with van der Waals surface area (Å²) in [5, 5.41) is 119. The molecule has 17 atom stereocenters. The highest BCUT2D eigenvalue weighted by Crippen LogP contribution is 2.33. The van der Waals surface area contributed by atoms with Crippen molar-refractivity contribution in [3.63, 3.8) is 0 Å². The van der Waals surface area contributed by atoms with Crippen LogP contribution in [0.2, 0.25) is 0 Å². The highest BCUT2D eigenvalue weighted by atomic mass is 16.8. The molecule has 3 saturated heterocycles. The van der Waals surface area contributed by atoms with Crippen LogP contribution >= 0.6 is 0 Å². The van der Waals surface area contributed by atoms with Crippen molar-refractivity contribution in [1.29, 1.82) is 0 Å². The maximum atomic E-state index is 13.2. The van der Waals surface area contributed by atoms with Crippen molar-refractivity contribution in [1.82, 2.24) is 5.32 Å². The van der Waals surface area contributed by atoms with Crippen molar-refractivity contribution in [3.05, 3.63) is 24.3 Å². The highest BCUT2D eigenvalue weighted by molar-refractivity contribution is 5.76. The van der Waals surface area contributed by atoms with E-state index < -0.39 is 124 Å². The topological polar surface area (TPSA) is 307 Å². The molecule has 0 radical (unpaired) electrons. The van der Waals surface area contributed by atoms with E-state index in [1.54, 1.807) is 0 Å². The van der Waals surface area contributed by atoms with E-state index in [0.717, 1.165) is 51.4 Å². The van der Waals surface area contributed by atoms with Crippen molar-refractivity contribution in [3.8, 4) is 0 Å². The second kappa shape index (κ2) is 37.9. The van der Waals surface area contributed by atoms with Crippen LogP contribution in [0.15, 0.2) is 24.3 Å². The number of rotatable bonds is 39. The fourth-order valence-corrected chi connectivity index (χ4v) is 9.40. The van der Waals surface area contributed by atoms with E-state index in [4.69, 9.17) is 28.4 Å². The van der Waals surface area contributed by atoms with Gasteiger partial charge >= 0.3 is 0 Å². The van der Waals surface area contributed by atoms with Crippen molar-refractivity contribution < 1.29 is 89.4 Å². The summed E-state index contributed by atoms with van der Waals surface area (Å²) < 4.78 is 34.0. The van der Waals surface area contributed by atoms with Gasteiger partial charge in [-0.3, -0.25) is 4.79 Å². The first-order chi connectivity index (χ1) is 34.8. The first-order valence-electron chi connectivity index (χ1n) is 27.6. The van der Waals surface area contributed by atoms with Crippen LogP contribution < -0.4 is 5.32 Å². The monoisotopic (exact) mass is 1040 g/mol. The summed E-state index contributed by atoms with van der Waals surface area (Å²) in [6.07, 6.45) is 9.45. The minimum Gasteiger partial charge on any atom is -0.394 e. The van der Waals surface area contributed by atoms with Crippen LogP contribution in [0.5, 0.6) is 0 Å². The van der Waals surface area contributed by atoms with Crippen LogP contribution in [0.25, 0.3) is 0 Å². The zero-order valence-electron chi connectivity index (χ0n) is 43.4. The molecule has 3 aliphatic rings. The average Bonchev–Trinajstić information content (AvgIpc) is 3.38. The quantitative estimate of drug-likeness (QED) is 0.0311. The van der Waals surface area contributed by atoms with E-state index in [2.05, 4.69) is 43.5 Å². The van der Waals surface area contributed by atoms with Gasteiger partial charge in [-0.05, 0) is 44.9 Å². The Balaban J connectivity index is 1.39. The van der Waals surface area contributed by atoms with Crippen LogP contribution in [-0.2, 0) is 33.2 Å². The summed E-state index contributed by atoms with van der Waals surface area (Å²) in [6.45, 7) is 1.62. The maximum Gasteiger partial charge on any atom is 0.220 e. The summed E-state index contributed by atoms with van der Waals surface area (Å²) in [5.74, 6) is -0.255. The Hall–Kier alpha value is -1.73. The molecule has 3 rings (SSSR count). The predicted molar refractivity (Wildman–Crippen MR) is 268 cm³/mol. The molecular formula is C53H97NO18. The molecule has 19 nitrogen and oxygen atoms in total. The lowest BCUT2D eigenvalue weighted by molar-refractivity contribution is -0.379. The van der Waals surface area contributed by atoms with Gasteiger partial charge in [0.05, 0.1) is 38.6 Å². The number of aliphatic hydroxyl groups excluding tert-OH is 11. The molecule has 0 aliphatic carbocycles. The fourth-order valence-electron chi connectivity index (χ4n) is 9.40. The third-order valence-electron chi connectivity index (χ3n) is 14.0. The van der Waals surface area contributed by atoms with Gasteiger partial charge in [0.2, 0.25) is 5.91 Å². The van der Waals surface area contributed by atoms with Crippen molar-refractivity contribution in [2.45, 2.75) is 279 Å². The van der Waals surface area contributed by atoms with Gasteiger partial charge in [-0.2, -0.15) is 0 Å². The lowest BCUT2D eigenvalue weighted by atomic mass is 9.96. The molecule has 0 aromatic carbocycles. The van der Waals surface area contributed by atoms with E-state index in [1.807, 2.05) is 0 Å². The number of unbranched alkanes of at least 4 members (excludes halogenated alkanes) is 19. The molecule has 12 N–H and O–H groups in total. The van der Waals surface area contributed by atoms with Crippen LogP contribution in [0.1, 0.15) is 174 Å². The summed E-state index contributed by atoms with van der Waals surface area (Å²) in [5.41, 5.74) is 0. The van der Waals surface area contributed by atoms with Gasteiger partial charge in [0.15, 0.2) is 18.9 Å². The largest absolute Gasteiger partial charge is 0.394 e. The van der Waals surface area contributed by atoms with Crippen LogP contribution in [-0.4, -0.2) is 193 Å². The molecule has 422 valence electrons. The molecule has 0 aromatic heterocycles. The molecule has 3 aliphatic heterocycles. The summed E-state index contributed by atoms with van der Waals surface area (Å²) in [7, 11) is 0. The van der Waals surface area contributed by atoms with Crippen LogP contribution in [0.4, 0.5) is 0 Å². The Morgan fingerprint density at radius 3 is 1.42 bits per heavy atom. The lowest BCUT2D eigenvalue weighted by Gasteiger charge is -2.48. The Labute approximate surface area is 428 Å². The molecule has 0 bridgehead atoms. The van der Waals surface area contributed by atoms with Gasteiger partial charge in [-0.25, -0.2) is 0 Å². The number of ether oxygens (including phenoxy) is 6. The number of hydrogen-bond donors (Lipinski definition) is 12. The first kappa shape index (κ1) is 64.6. The normalized spacial score (nSPS) is 32.2. The molecule has 19 heteroatoms. The molecule has 0 saturated carbocycles. The molecule has 17 unspecified atom stereocenters. The Morgan fingerprint density at radius 1 is 0.500 bits per heavy atom. The number of carbonyl (C=O) groups excluding carboxylic acids is 1. The maximum absolute atomic E-state index is 13.2. The lowest BCUT2D eigenvalue weighted by Crippen LogP contribution is -2.66. The highest BCUT2D eigenvalue weighted by Gasteiger charge is 2.53. The van der Waals surface area contributed by atoms with Crippen molar-refractivity contribution in [2.75, 3.05) is 26.4 Å². The third-order valence-corrected chi connectivity index (χ3v) is 14.0. The number of nitrogens with one attached hydrogen (secondary N) is 1. The summed E-state index contributed by atoms with van der Waals surface area (Å²) in [6, 6.07) is -0.882. The molecular weight excluding hydrogens is 939 g/mol. The second-order valence-corrected chi connectivity index (χ2v) is 20.0. The average molecular weight is 1040 g/mol. The molecule has 3 heterocycles. The minimum atomic E-state index is -1.97. The Kier molecular flexibility index (Phi) is 34.0. The zero-order valence-corrected chi connectivity index (χ0v) is 43.4. The number of allylic oxidation sites excluding steroid dienone is 4. The number of hydrogen-bond acceptors (Lipinski definition) is 18. The standard InChI is InChI=1S/C53H97NO18/c1-3-5-7-9-10-11-12-13-14-15-16-17-18-19-20-21-22-23-24-25-26-27-29-31-41(59)54-36(37(58)30-28-8-6-4-2)35-67-51-47(65)44(62)49(39(33-56)69-51)72-53-48(66)45(63)50(40(34-57)70-53)71-52-46(64)43(61)42(60)38(32-55)68-52/h12-13,15-16,36-40,42-53,55-58,60-66H,3-11,14,17-35H2,1-2H3,(H,54,59)/b13-12-,16-15-. The molecule has 1 amide bonds. The number of carbonyl (C=O) groups is 1. The van der Waals surface area contributed by atoms with E-state index in [-0.39, 0.29) is 18.9 Å². The third kappa shape index (κ3) is 22.9. The molecule has 0 spiro atoms. The SMILES string of the molecule is CCCCCCC/C=C\C/C=C\CCCCCCCCCCCCCC(=O)NC(COC1OC(CO)C(OC2OC(CO)C(OC3OC(CO)C(O)C(O)C3O)C(O)C2O)C(O)C1O)C(O)CCCCCC. The van der Waals surface area contributed by atoms with Gasteiger partial charge in [0.25, 0.3) is 0 Å². The Bertz CT molecular complexity index is 1430. The van der Waals surface area contributed by atoms with Crippen LogP contribution in [0.3, 0.4) is 0 Å². The first-order valence-corrected chi connectivity index (χ1v) is 27.6. The minimum absolute atomic E-state index is 0.255. The van der Waals surface area contributed by atoms with E-state index in [1.165, 1.54) is 83.5 Å². The molecule has 0 aromatic rings. The van der Waals surface area contributed by atoms with Crippen LogP contribution in [0, 0.1) is 0 Å². The predicted octanol–water partition coefficient (Wildman–Crippen LogP) is 3.20. The van der Waals surface area contributed by atoms with Gasteiger partial charge < -0.3 is 89.9 Å². The second-order valence-electron chi connectivity index (χ2n) is 20.0. The molecule has 72 heavy (non-hydrogen) atoms. The Morgan fingerprint density at radius 2 is 0.917 bits per heavy atom. The summed E-state index contributed by atoms with van der Waals surface area (Å²) in [4.78, 5) is 13.2. The number of amides is 1. The van der Waals surface area contributed by atoms with Crippen molar-refractivity contribution in [2.24, 2.45) is 0 Å². The van der Waals surface area contributed by atoms with Crippen molar-refractivity contribution >= 4 is 5.91 Å². The zero-order chi connectivity index (χ0) is 52.7. The smallest absolute Gasteiger partial charge is 0.220 e. The van der Waals surface area contributed by atoms with Gasteiger partial charge in [0, 0.05) is 6.42 Å². The van der Waals surface area contributed by atoms with E-state index in [0.29, 0.717) is 19.3 Å². The number of aliphatic hydroxyl groups is 11.